The molecule has 5 nitrogen and oxygen atoms in total. The highest BCUT2D eigenvalue weighted by Gasteiger charge is 2.38. The molecule has 0 bridgehead atoms. The van der Waals surface area contributed by atoms with Gasteiger partial charge in [-0.25, -0.2) is 8.42 Å². The van der Waals surface area contributed by atoms with Crippen molar-refractivity contribution in [3.05, 3.63) is 47.1 Å². The smallest absolute Gasteiger partial charge is 0.260 e. The molecule has 1 fully saturated rings. The van der Waals surface area contributed by atoms with Gasteiger partial charge in [-0.05, 0) is 36.6 Å². The van der Waals surface area contributed by atoms with Crippen LogP contribution in [0.25, 0.3) is 0 Å². The van der Waals surface area contributed by atoms with Crippen molar-refractivity contribution in [2.24, 2.45) is 0 Å². The van der Waals surface area contributed by atoms with Gasteiger partial charge in [-0.3, -0.25) is 5.10 Å². The van der Waals surface area contributed by atoms with Crippen LogP contribution in [-0.2, 0) is 16.6 Å². The number of aromatic amines is 1. The molecule has 20 heavy (non-hydrogen) atoms. The molecule has 1 aromatic heterocycles. The number of nitrogens with zero attached hydrogens (tertiary/aromatic N) is 2. The van der Waals surface area contributed by atoms with Crippen molar-refractivity contribution in [1.29, 1.82) is 0 Å². The van der Waals surface area contributed by atoms with E-state index in [0.717, 1.165) is 18.4 Å². The van der Waals surface area contributed by atoms with Crippen molar-refractivity contribution in [2.75, 3.05) is 0 Å². The van der Waals surface area contributed by atoms with Crippen molar-refractivity contribution in [1.82, 2.24) is 14.5 Å². The van der Waals surface area contributed by atoms with Crippen molar-refractivity contribution in [3.8, 4) is 0 Å². The Bertz CT molecular complexity index is 679. The van der Waals surface area contributed by atoms with E-state index in [-0.39, 0.29) is 11.1 Å². The Labute approximate surface area is 122 Å². The number of aromatic nitrogens is 2. The summed E-state index contributed by atoms with van der Waals surface area (Å²) in [5.41, 5.74) is 0.921. The Balaban J connectivity index is 1.88. The Kier molecular flexibility index (Phi) is 3.54. The summed E-state index contributed by atoms with van der Waals surface area (Å²) in [5, 5.41) is 7.03. The third kappa shape index (κ3) is 2.72. The zero-order valence-corrected chi connectivity index (χ0v) is 12.2. The molecule has 1 saturated carbocycles. The Morgan fingerprint density at radius 2 is 1.95 bits per heavy atom. The molecule has 0 aliphatic heterocycles. The fraction of sp³-hybridized carbons (Fsp3) is 0.308. The van der Waals surface area contributed by atoms with Gasteiger partial charge in [0.15, 0.2) is 5.03 Å². The molecule has 1 aliphatic rings. The van der Waals surface area contributed by atoms with E-state index in [1.165, 1.54) is 16.6 Å². The van der Waals surface area contributed by atoms with Crippen LogP contribution in [0.2, 0.25) is 5.02 Å². The highest BCUT2D eigenvalue weighted by atomic mass is 35.5. The van der Waals surface area contributed by atoms with Gasteiger partial charge in [-0.15, -0.1) is 0 Å². The summed E-state index contributed by atoms with van der Waals surface area (Å²) < 4.78 is 26.7. The van der Waals surface area contributed by atoms with Crippen molar-refractivity contribution in [3.63, 3.8) is 0 Å². The molecule has 0 spiro atoms. The summed E-state index contributed by atoms with van der Waals surface area (Å²) in [4.78, 5) is 0. The molecular weight excluding hydrogens is 298 g/mol. The van der Waals surface area contributed by atoms with E-state index >= 15 is 0 Å². The van der Waals surface area contributed by atoms with Gasteiger partial charge in [0, 0.05) is 17.6 Å². The fourth-order valence-corrected chi connectivity index (χ4v) is 3.76. The predicted molar refractivity (Wildman–Crippen MR) is 75.8 cm³/mol. The van der Waals surface area contributed by atoms with Crippen molar-refractivity contribution in [2.45, 2.75) is 30.5 Å². The van der Waals surface area contributed by atoms with E-state index in [4.69, 9.17) is 11.6 Å². The van der Waals surface area contributed by atoms with Gasteiger partial charge in [0.25, 0.3) is 10.0 Å². The maximum atomic E-state index is 12.6. The van der Waals surface area contributed by atoms with Gasteiger partial charge in [0.2, 0.25) is 0 Å². The molecule has 0 atom stereocenters. The highest BCUT2D eigenvalue weighted by molar-refractivity contribution is 7.89. The second-order valence-electron chi connectivity index (χ2n) is 4.83. The quantitative estimate of drug-likeness (QED) is 0.922. The first-order valence-electron chi connectivity index (χ1n) is 6.33. The molecule has 1 aliphatic carbocycles. The molecule has 1 heterocycles. The number of benzene rings is 1. The van der Waals surface area contributed by atoms with E-state index in [9.17, 15) is 8.42 Å². The first-order chi connectivity index (χ1) is 9.57. The van der Waals surface area contributed by atoms with Crippen LogP contribution in [0.4, 0.5) is 0 Å². The second kappa shape index (κ2) is 5.20. The normalized spacial score (nSPS) is 15.7. The summed E-state index contributed by atoms with van der Waals surface area (Å²) >= 11 is 5.85. The van der Waals surface area contributed by atoms with Gasteiger partial charge < -0.3 is 0 Å². The zero-order chi connectivity index (χ0) is 14.2. The molecule has 0 saturated heterocycles. The lowest BCUT2D eigenvalue weighted by Gasteiger charge is -2.21. The molecule has 106 valence electrons. The van der Waals surface area contributed by atoms with Crippen LogP contribution in [0.1, 0.15) is 18.4 Å². The number of nitrogens with one attached hydrogen (secondary N) is 1. The van der Waals surface area contributed by atoms with E-state index in [1.54, 1.807) is 12.1 Å². The van der Waals surface area contributed by atoms with Crippen LogP contribution in [-0.4, -0.2) is 29.0 Å². The molecule has 0 radical (unpaired) electrons. The third-order valence-electron chi connectivity index (χ3n) is 3.27. The molecule has 3 rings (SSSR count). The van der Waals surface area contributed by atoms with Crippen LogP contribution in [0, 0.1) is 0 Å². The molecule has 1 N–H and O–H groups in total. The number of rotatable bonds is 5. The first-order valence-corrected chi connectivity index (χ1v) is 8.15. The van der Waals surface area contributed by atoms with Gasteiger partial charge in [-0.1, -0.05) is 23.7 Å². The summed E-state index contributed by atoms with van der Waals surface area (Å²) in [6.45, 7) is 0.350. The Morgan fingerprint density at radius 3 is 2.50 bits per heavy atom. The van der Waals surface area contributed by atoms with Crippen molar-refractivity contribution < 1.29 is 8.42 Å². The van der Waals surface area contributed by atoms with Gasteiger partial charge in [0.1, 0.15) is 0 Å². The first kappa shape index (κ1) is 13.6. The minimum atomic E-state index is -3.52. The number of H-pyrrole nitrogens is 1. The van der Waals surface area contributed by atoms with Gasteiger partial charge in [-0.2, -0.15) is 9.40 Å². The van der Waals surface area contributed by atoms with E-state index in [0.29, 0.717) is 11.6 Å². The molecule has 1 aromatic carbocycles. The SMILES string of the molecule is O=S(=O)(c1ccn[nH]1)N(Cc1ccc(Cl)cc1)C1CC1. The molecule has 7 heteroatoms. The number of halogens is 1. The highest BCUT2D eigenvalue weighted by Crippen LogP contribution is 2.33. The summed E-state index contributed by atoms with van der Waals surface area (Å²) in [5.74, 6) is 0. The molecule has 2 aromatic rings. The van der Waals surface area contributed by atoms with Crippen LogP contribution in [0.5, 0.6) is 0 Å². The van der Waals surface area contributed by atoms with Crippen LogP contribution < -0.4 is 0 Å². The van der Waals surface area contributed by atoms with Crippen LogP contribution in [0.15, 0.2) is 41.6 Å². The van der Waals surface area contributed by atoms with Gasteiger partial charge >= 0.3 is 0 Å². The Morgan fingerprint density at radius 1 is 1.25 bits per heavy atom. The Hall–Kier alpha value is -1.37. The largest absolute Gasteiger partial charge is 0.266 e. The van der Waals surface area contributed by atoms with E-state index in [2.05, 4.69) is 10.2 Å². The maximum absolute atomic E-state index is 12.6. The third-order valence-corrected chi connectivity index (χ3v) is 5.35. The predicted octanol–water partition coefficient (Wildman–Crippen LogP) is 2.42. The number of hydrogen-bond acceptors (Lipinski definition) is 3. The lowest BCUT2D eigenvalue weighted by Crippen LogP contribution is -2.32. The summed E-state index contributed by atoms with van der Waals surface area (Å²) in [6.07, 6.45) is 3.25. The monoisotopic (exact) mass is 311 g/mol. The summed E-state index contributed by atoms with van der Waals surface area (Å²) in [6, 6.07) is 8.79. The maximum Gasteiger partial charge on any atom is 0.260 e. The lowest BCUT2D eigenvalue weighted by molar-refractivity contribution is 0.396. The second-order valence-corrected chi connectivity index (χ2v) is 7.12. The topological polar surface area (TPSA) is 66.1 Å². The average Bonchev–Trinajstić information content (AvgIpc) is 3.09. The summed E-state index contributed by atoms with van der Waals surface area (Å²) in [7, 11) is -3.52. The van der Waals surface area contributed by atoms with Crippen molar-refractivity contribution >= 4 is 21.6 Å². The molecular formula is C13H14ClN3O2S. The van der Waals surface area contributed by atoms with Crippen LogP contribution in [0.3, 0.4) is 0 Å². The van der Waals surface area contributed by atoms with Crippen LogP contribution >= 0.6 is 11.6 Å². The minimum absolute atomic E-state index is 0.0824. The fourth-order valence-electron chi connectivity index (χ4n) is 2.06. The minimum Gasteiger partial charge on any atom is -0.266 e. The molecule has 0 amide bonds. The molecule has 0 unspecified atom stereocenters. The zero-order valence-electron chi connectivity index (χ0n) is 10.7. The standard InChI is InChI=1S/C13H14ClN3O2S/c14-11-3-1-10(2-4-11)9-17(12-5-6-12)20(18,19)13-7-8-15-16-13/h1-4,7-8,12H,5-6,9H2,(H,15,16). The lowest BCUT2D eigenvalue weighted by atomic mass is 10.2. The average molecular weight is 312 g/mol. The van der Waals surface area contributed by atoms with E-state index < -0.39 is 10.0 Å². The van der Waals surface area contributed by atoms with E-state index in [1.807, 2.05) is 12.1 Å². The number of hydrogen-bond donors (Lipinski definition) is 1. The number of sulfonamides is 1. The van der Waals surface area contributed by atoms with Gasteiger partial charge in [0.05, 0.1) is 6.20 Å².